The Hall–Kier alpha value is -1.91. The predicted octanol–water partition coefficient (Wildman–Crippen LogP) is 3.18. The van der Waals surface area contributed by atoms with E-state index >= 15 is 0 Å². The fraction of sp³-hybridized carbons (Fsp3) is 0.500. The van der Waals surface area contributed by atoms with Crippen molar-refractivity contribution in [2.75, 3.05) is 11.4 Å². The molecule has 2 rings (SSSR count). The summed E-state index contributed by atoms with van der Waals surface area (Å²) >= 11 is 0. The average Bonchev–Trinajstić information content (AvgIpc) is 2.38. The molecule has 1 aromatic carbocycles. The monoisotopic (exact) mass is 262 g/mol. The summed E-state index contributed by atoms with van der Waals surface area (Å²) < 4.78 is 0. The number of benzene rings is 1. The first kappa shape index (κ1) is 13.5. The van der Waals surface area contributed by atoms with Crippen LogP contribution in [0.4, 0.5) is 11.4 Å². The summed E-state index contributed by atoms with van der Waals surface area (Å²) in [4.78, 5) is 24.2. The van der Waals surface area contributed by atoms with Gasteiger partial charge in [0.2, 0.25) is 0 Å². The summed E-state index contributed by atoms with van der Waals surface area (Å²) in [7, 11) is 0. The predicted molar refractivity (Wildman–Crippen MR) is 73.8 cm³/mol. The molecule has 5 heteroatoms. The van der Waals surface area contributed by atoms with Gasteiger partial charge in [-0.05, 0) is 45.2 Å². The molecule has 0 aliphatic carbocycles. The van der Waals surface area contributed by atoms with Gasteiger partial charge in [0.1, 0.15) is 0 Å². The number of hydrogen-bond donors (Lipinski definition) is 0. The number of anilines is 1. The molecule has 1 aromatic rings. The lowest BCUT2D eigenvalue weighted by molar-refractivity contribution is -0.385. The fourth-order valence-corrected chi connectivity index (χ4v) is 2.63. The van der Waals surface area contributed by atoms with Crippen LogP contribution in [0.1, 0.15) is 43.5 Å². The summed E-state index contributed by atoms with van der Waals surface area (Å²) in [5.41, 5.74) is 0.990. The van der Waals surface area contributed by atoms with Gasteiger partial charge in [0.25, 0.3) is 5.69 Å². The fourth-order valence-electron chi connectivity index (χ4n) is 2.63. The van der Waals surface area contributed by atoms with Gasteiger partial charge in [-0.2, -0.15) is 0 Å². The third kappa shape index (κ3) is 2.75. The van der Waals surface area contributed by atoms with Gasteiger partial charge >= 0.3 is 0 Å². The van der Waals surface area contributed by atoms with Gasteiger partial charge in [-0.1, -0.05) is 0 Å². The van der Waals surface area contributed by atoms with Gasteiger partial charge in [0.05, 0.1) is 10.5 Å². The van der Waals surface area contributed by atoms with Gasteiger partial charge in [-0.25, -0.2) is 0 Å². The molecule has 1 unspecified atom stereocenters. The van der Waals surface area contributed by atoms with Crippen molar-refractivity contribution < 1.29 is 9.72 Å². The van der Waals surface area contributed by atoms with Crippen LogP contribution in [0.15, 0.2) is 18.2 Å². The Morgan fingerprint density at radius 2 is 2.16 bits per heavy atom. The largest absolute Gasteiger partial charge is 0.369 e. The Bertz CT molecular complexity index is 513. The summed E-state index contributed by atoms with van der Waals surface area (Å²) in [6.07, 6.45) is 3.45. The zero-order valence-corrected chi connectivity index (χ0v) is 11.3. The van der Waals surface area contributed by atoms with E-state index in [2.05, 4.69) is 11.8 Å². The van der Waals surface area contributed by atoms with Gasteiger partial charge < -0.3 is 4.90 Å². The second-order valence-electron chi connectivity index (χ2n) is 5.05. The van der Waals surface area contributed by atoms with Gasteiger partial charge in [0.15, 0.2) is 5.78 Å². The van der Waals surface area contributed by atoms with Crippen molar-refractivity contribution in [2.24, 2.45) is 0 Å². The molecule has 1 heterocycles. The van der Waals surface area contributed by atoms with E-state index in [0.717, 1.165) is 25.1 Å². The number of rotatable bonds is 3. The third-order valence-corrected chi connectivity index (χ3v) is 3.69. The smallest absolute Gasteiger partial charge is 0.280 e. The van der Waals surface area contributed by atoms with Crippen molar-refractivity contribution in [1.82, 2.24) is 0 Å². The highest BCUT2D eigenvalue weighted by molar-refractivity contribution is 5.99. The van der Waals surface area contributed by atoms with Crippen molar-refractivity contribution in [3.63, 3.8) is 0 Å². The van der Waals surface area contributed by atoms with Crippen LogP contribution < -0.4 is 4.90 Å². The Kier molecular flexibility index (Phi) is 3.83. The van der Waals surface area contributed by atoms with E-state index in [9.17, 15) is 14.9 Å². The van der Waals surface area contributed by atoms with Crippen LogP contribution in [0.3, 0.4) is 0 Å². The molecule has 0 saturated carbocycles. The van der Waals surface area contributed by atoms with Gasteiger partial charge in [-0.15, -0.1) is 0 Å². The van der Waals surface area contributed by atoms with E-state index in [1.54, 1.807) is 12.1 Å². The number of Topliss-reactive ketones (excluding diaryl/α,β-unsaturated/α-hetero) is 1. The van der Waals surface area contributed by atoms with Crippen LogP contribution in [-0.4, -0.2) is 23.3 Å². The maximum absolute atomic E-state index is 11.6. The van der Waals surface area contributed by atoms with Crippen molar-refractivity contribution in [3.8, 4) is 0 Å². The lowest BCUT2D eigenvalue weighted by Gasteiger charge is -2.35. The quantitative estimate of drug-likeness (QED) is 0.477. The highest BCUT2D eigenvalue weighted by Crippen LogP contribution is 2.29. The average molecular weight is 262 g/mol. The lowest BCUT2D eigenvalue weighted by atomic mass is 10.0. The van der Waals surface area contributed by atoms with Crippen LogP contribution in [0.2, 0.25) is 0 Å². The standard InChI is InChI=1S/C14H18N2O3/c1-10-5-3-4-8-15(10)12-6-7-14(16(18)19)13(9-12)11(2)17/h6-7,9-10H,3-5,8H2,1-2H3. The van der Waals surface area contributed by atoms with Crippen LogP contribution >= 0.6 is 0 Å². The topological polar surface area (TPSA) is 63.5 Å². The molecule has 1 atom stereocenters. The van der Waals surface area contributed by atoms with Crippen LogP contribution in [0.5, 0.6) is 0 Å². The van der Waals surface area contributed by atoms with E-state index in [1.807, 2.05) is 0 Å². The maximum Gasteiger partial charge on any atom is 0.280 e. The van der Waals surface area contributed by atoms with Gasteiger partial charge in [0, 0.05) is 24.3 Å². The molecule has 0 N–H and O–H groups in total. The molecule has 1 saturated heterocycles. The van der Waals surface area contributed by atoms with Crippen molar-refractivity contribution in [3.05, 3.63) is 33.9 Å². The van der Waals surface area contributed by atoms with Crippen molar-refractivity contribution >= 4 is 17.2 Å². The van der Waals surface area contributed by atoms with E-state index in [-0.39, 0.29) is 17.0 Å². The number of hydrogen-bond acceptors (Lipinski definition) is 4. The number of carbonyl (C=O) groups is 1. The Labute approximate surface area is 112 Å². The van der Waals surface area contributed by atoms with E-state index in [4.69, 9.17) is 0 Å². The molecule has 0 radical (unpaired) electrons. The van der Waals surface area contributed by atoms with E-state index in [0.29, 0.717) is 6.04 Å². The van der Waals surface area contributed by atoms with E-state index < -0.39 is 4.92 Å². The van der Waals surface area contributed by atoms with Crippen LogP contribution in [0.25, 0.3) is 0 Å². The molecule has 1 aliphatic heterocycles. The Morgan fingerprint density at radius 3 is 2.74 bits per heavy atom. The highest BCUT2D eigenvalue weighted by Gasteiger charge is 2.23. The number of nitro groups is 1. The van der Waals surface area contributed by atoms with Crippen LogP contribution in [0, 0.1) is 10.1 Å². The zero-order valence-electron chi connectivity index (χ0n) is 11.3. The Morgan fingerprint density at radius 1 is 1.42 bits per heavy atom. The van der Waals surface area contributed by atoms with Crippen molar-refractivity contribution in [2.45, 2.75) is 39.2 Å². The van der Waals surface area contributed by atoms with E-state index in [1.165, 1.54) is 19.4 Å². The number of nitro benzene ring substituents is 1. The molecule has 1 aliphatic rings. The molecular weight excluding hydrogens is 244 g/mol. The third-order valence-electron chi connectivity index (χ3n) is 3.69. The zero-order chi connectivity index (χ0) is 14.0. The summed E-state index contributed by atoms with van der Waals surface area (Å²) in [5, 5.41) is 10.9. The normalized spacial score (nSPS) is 19.3. The molecule has 19 heavy (non-hydrogen) atoms. The highest BCUT2D eigenvalue weighted by atomic mass is 16.6. The first-order chi connectivity index (χ1) is 9.00. The lowest BCUT2D eigenvalue weighted by Crippen LogP contribution is -2.37. The number of ketones is 1. The minimum atomic E-state index is -0.500. The molecule has 5 nitrogen and oxygen atoms in total. The maximum atomic E-state index is 11.6. The SMILES string of the molecule is CC(=O)c1cc(N2CCCCC2C)ccc1[N+](=O)[O-]. The molecular formula is C14H18N2O3. The van der Waals surface area contributed by atoms with Gasteiger partial charge in [-0.3, -0.25) is 14.9 Å². The minimum absolute atomic E-state index is 0.110. The number of nitrogens with zero attached hydrogens (tertiary/aromatic N) is 2. The van der Waals surface area contributed by atoms with Crippen molar-refractivity contribution in [1.29, 1.82) is 0 Å². The van der Waals surface area contributed by atoms with Crippen LogP contribution in [-0.2, 0) is 0 Å². The summed E-state index contributed by atoms with van der Waals surface area (Å²) in [6, 6.07) is 5.25. The summed E-state index contributed by atoms with van der Waals surface area (Å²) in [6.45, 7) is 4.45. The molecule has 0 amide bonds. The molecule has 0 aromatic heterocycles. The first-order valence-corrected chi connectivity index (χ1v) is 6.56. The second kappa shape index (κ2) is 5.38. The second-order valence-corrected chi connectivity index (χ2v) is 5.05. The molecule has 0 bridgehead atoms. The number of carbonyl (C=O) groups excluding carboxylic acids is 1. The summed E-state index contributed by atoms with van der Waals surface area (Å²) in [5.74, 6) is -0.266. The molecule has 1 fully saturated rings. The first-order valence-electron chi connectivity index (χ1n) is 6.56. The number of piperidine rings is 1. The minimum Gasteiger partial charge on any atom is -0.369 e. The molecule has 0 spiro atoms. The molecule has 102 valence electrons. The Balaban J connectivity index is 2.40.